The van der Waals surface area contributed by atoms with E-state index >= 15 is 0 Å². The van der Waals surface area contributed by atoms with E-state index in [1.165, 1.54) is 11.3 Å². The second-order valence-corrected chi connectivity index (χ2v) is 7.16. The summed E-state index contributed by atoms with van der Waals surface area (Å²) in [6.45, 7) is 6.43. The Labute approximate surface area is 171 Å². The molecule has 0 unspecified atom stereocenters. The fraction of sp³-hybridized carbons (Fsp3) is 0.318. The van der Waals surface area contributed by atoms with Gasteiger partial charge >= 0.3 is 0 Å². The summed E-state index contributed by atoms with van der Waals surface area (Å²) in [6, 6.07) is 16.6. The molecule has 3 aromatic rings. The van der Waals surface area contributed by atoms with Gasteiger partial charge in [-0.1, -0.05) is 24.3 Å². The van der Waals surface area contributed by atoms with E-state index in [9.17, 15) is 0 Å². The molecule has 2 heterocycles. The smallest absolute Gasteiger partial charge is 0.247 e. The number of aryl methyl sites for hydroxylation is 1. The lowest BCUT2D eigenvalue weighted by molar-refractivity contribution is 0.414. The molecule has 1 aliphatic heterocycles. The van der Waals surface area contributed by atoms with Crippen molar-refractivity contribution in [3.05, 3.63) is 65.9 Å². The van der Waals surface area contributed by atoms with E-state index in [1.807, 2.05) is 24.3 Å². The molecule has 0 spiro atoms. The summed E-state index contributed by atoms with van der Waals surface area (Å²) in [7, 11) is 1.67. The first-order chi connectivity index (χ1) is 14.2. The number of hydrogen-bond acceptors (Lipinski definition) is 7. The van der Waals surface area contributed by atoms with Crippen LogP contribution in [0.2, 0.25) is 0 Å². The normalized spacial score (nSPS) is 14.0. The van der Waals surface area contributed by atoms with Gasteiger partial charge in [-0.15, -0.1) is 5.10 Å². The highest BCUT2D eigenvalue weighted by atomic mass is 16.5. The second-order valence-electron chi connectivity index (χ2n) is 7.16. The molecule has 4 rings (SSSR count). The number of nitrogens with zero attached hydrogens (tertiary/aromatic N) is 5. The number of aromatic nitrogens is 3. The van der Waals surface area contributed by atoms with Crippen molar-refractivity contribution in [1.29, 1.82) is 0 Å². The van der Waals surface area contributed by atoms with Crippen LogP contribution in [-0.2, 0) is 6.54 Å². The molecule has 1 aromatic heterocycles. The predicted octanol–water partition coefficient (Wildman–Crippen LogP) is 3.13. The highest BCUT2D eigenvalue weighted by Gasteiger charge is 2.20. The molecular weight excluding hydrogens is 364 g/mol. The molecule has 0 aliphatic carbocycles. The Balaban J connectivity index is 1.35. The Kier molecular flexibility index (Phi) is 5.74. The molecule has 7 heteroatoms. The SMILES string of the molecule is COc1ccc(CNc2cnnc(N3CCN(c4cccc(C)c4)CC3)n2)cc1. The van der Waals surface area contributed by atoms with E-state index in [0.717, 1.165) is 43.3 Å². The Morgan fingerprint density at radius 2 is 1.76 bits per heavy atom. The van der Waals surface area contributed by atoms with E-state index in [4.69, 9.17) is 4.74 Å². The lowest BCUT2D eigenvalue weighted by Gasteiger charge is -2.36. The minimum absolute atomic E-state index is 0.670. The van der Waals surface area contributed by atoms with Crippen LogP contribution in [0.3, 0.4) is 0 Å². The Morgan fingerprint density at radius 3 is 2.48 bits per heavy atom. The van der Waals surface area contributed by atoms with Crippen LogP contribution in [0.5, 0.6) is 5.75 Å². The number of nitrogens with one attached hydrogen (secondary N) is 1. The van der Waals surface area contributed by atoms with Crippen molar-refractivity contribution in [2.75, 3.05) is 48.4 Å². The molecular formula is C22H26N6O. The fourth-order valence-electron chi connectivity index (χ4n) is 3.44. The largest absolute Gasteiger partial charge is 0.497 e. The standard InChI is InChI=1S/C22H26N6O/c1-17-4-3-5-19(14-17)27-10-12-28(13-11-27)22-25-21(16-24-26-22)23-15-18-6-8-20(29-2)9-7-18/h3-9,14,16H,10-13,15H2,1-2H3,(H,23,25,26). The van der Waals surface area contributed by atoms with Crippen LogP contribution in [0, 0.1) is 6.92 Å². The first-order valence-corrected chi connectivity index (χ1v) is 9.84. The quantitative estimate of drug-likeness (QED) is 0.694. The molecule has 1 fully saturated rings. The molecule has 2 aromatic carbocycles. The number of ether oxygens (including phenoxy) is 1. The van der Waals surface area contributed by atoms with Gasteiger partial charge in [0.05, 0.1) is 13.3 Å². The van der Waals surface area contributed by atoms with Crippen molar-refractivity contribution in [3.8, 4) is 5.75 Å². The summed E-state index contributed by atoms with van der Waals surface area (Å²) in [4.78, 5) is 9.25. The summed E-state index contributed by atoms with van der Waals surface area (Å²) in [6.07, 6.45) is 1.66. The third kappa shape index (κ3) is 4.74. The summed E-state index contributed by atoms with van der Waals surface area (Å²) >= 11 is 0. The van der Waals surface area contributed by atoms with Crippen LogP contribution < -0.4 is 19.9 Å². The lowest BCUT2D eigenvalue weighted by Crippen LogP contribution is -2.47. The van der Waals surface area contributed by atoms with Crippen LogP contribution in [0.25, 0.3) is 0 Å². The van der Waals surface area contributed by atoms with Crippen LogP contribution in [0.1, 0.15) is 11.1 Å². The summed E-state index contributed by atoms with van der Waals surface area (Å²) in [5.41, 5.74) is 3.71. The van der Waals surface area contributed by atoms with Crippen molar-refractivity contribution in [3.63, 3.8) is 0 Å². The van der Waals surface area contributed by atoms with E-state index in [2.05, 4.69) is 61.5 Å². The van der Waals surface area contributed by atoms with Gasteiger partial charge in [-0.2, -0.15) is 10.1 Å². The Morgan fingerprint density at radius 1 is 1.00 bits per heavy atom. The van der Waals surface area contributed by atoms with E-state index in [-0.39, 0.29) is 0 Å². The first kappa shape index (κ1) is 19.0. The molecule has 0 amide bonds. The van der Waals surface area contributed by atoms with Crippen LogP contribution in [0.15, 0.2) is 54.7 Å². The molecule has 0 saturated carbocycles. The predicted molar refractivity (Wildman–Crippen MR) is 116 cm³/mol. The number of methoxy groups -OCH3 is 1. The molecule has 29 heavy (non-hydrogen) atoms. The van der Waals surface area contributed by atoms with E-state index in [0.29, 0.717) is 12.5 Å². The average molecular weight is 390 g/mol. The Bertz CT molecular complexity index is 938. The van der Waals surface area contributed by atoms with Gasteiger partial charge in [-0.3, -0.25) is 0 Å². The zero-order valence-electron chi connectivity index (χ0n) is 16.9. The first-order valence-electron chi connectivity index (χ1n) is 9.84. The van der Waals surface area contributed by atoms with Crippen molar-refractivity contribution in [1.82, 2.24) is 15.2 Å². The van der Waals surface area contributed by atoms with Crippen LogP contribution >= 0.6 is 0 Å². The lowest BCUT2D eigenvalue weighted by atomic mass is 10.2. The van der Waals surface area contributed by atoms with Crippen molar-refractivity contribution < 1.29 is 4.74 Å². The zero-order chi connectivity index (χ0) is 20.1. The van der Waals surface area contributed by atoms with Gasteiger partial charge in [0.2, 0.25) is 5.95 Å². The molecule has 1 aliphatic rings. The van der Waals surface area contributed by atoms with Gasteiger partial charge in [0.1, 0.15) is 5.75 Å². The number of piperazine rings is 1. The summed E-state index contributed by atoms with van der Waals surface area (Å²) in [5.74, 6) is 2.25. The highest BCUT2D eigenvalue weighted by molar-refractivity contribution is 5.50. The van der Waals surface area contributed by atoms with Crippen LogP contribution in [0.4, 0.5) is 17.5 Å². The average Bonchev–Trinajstić information content (AvgIpc) is 2.78. The Hall–Kier alpha value is -3.35. The zero-order valence-corrected chi connectivity index (χ0v) is 16.9. The minimum Gasteiger partial charge on any atom is -0.497 e. The molecule has 150 valence electrons. The van der Waals surface area contributed by atoms with Gasteiger partial charge in [0.25, 0.3) is 0 Å². The minimum atomic E-state index is 0.670. The number of benzene rings is 2. The third-order valence-corrected chi connectivity index (χ3v) is 5.11. The van der Waals surface area contributed by atoms with Crippen molar-refractivity contribution >= 4 is 17.5 Å². The van der Waals surface area contributed by atoms with Crippen molar-refractivity contribution in [2.45, 2.75) is 13.5 Å². The van der Waals surface area contributed by atoms with Gasteiger partial charge in [-0.25, -0.2) is 0 Å². The molecule has 1 saturated heterocycles. The van der Waals surface area contributed by atoms with Gasteiger partial charge in [0.15, 0.2) is 5.82 Å². The number of anilines is 3. The summed E-state index contributed by atoms with van der Waals surface area (Å²) in [5, 5.41) is 11.7. The van der Waals surface area contributed by atoms with Crippen molar-refractivity contribution in [2.24, 2.45) is 0 Å². The van der Waals surface area contributed by atoms with Gasteiger partial charge in [0, 0.05) is 38.4 Å². The maximum absolute atomic E-state index is 5.20. The van der Waals surface area contributed by atoms with E-state index in [1.54, 1.807) is 13.3 Å². The number of hydrogen-bond donors (Lipinski definition) is 1. The molecule has 1 N–H and O–H groups in total. The topological polar surface area (TPSA) is 66.4 Å². The number of rotatable bonds is 6. The third-order valence-electron chi connectivity index (χ3n) is 5.11. The molecule has 0 atom stereocenters. The van der Waals surface area contributed by atoms with E-state index < -0.39 is 0 Å². The van der Waals surface area contributed by atoms with Gasteiger partial charge in [-0.05, 0) is 42.3 Å². The molecule has 0 radical (unpaired) electrons. The fourth-order valence-corrected chi connectivity index (χ4v) is 3.44. The highest BCUT2D eigenvalue weighted by Crippen LogP contribution is 2.20. The summed E-state index contributed by atoms with van der Waals surface area (Å²) < 4.78 is 5.20. The molecule has 7 nitrogen and oxygen atoms in total. The second kappa shape index (κ2) is 8.77. The molecule has 0 bridgehead atoms. The van der Waals surface area contributed by atoms with Gasteiger partial charge < -0.3 is 19.9 Å². The maximum Gasteiger partial charge on any atom is 0.247 e. The maximum atomic E-state index is 5.20. The monoisotopic (exact) mass is 390 g/mol. The van der Waals surface area contributed by atoms with Crippen LogP contribution in [-0.4, -0.2) is 48.5 Å².